The SMILES string of the molecule is COC(=O)C(C(=O)OC)C(C(C)C)C1CCC(C(C)(C)C)CC1. The zero-order chi connectivity index (χ0) is 17.8. The molecule has 1 aliphatic rings. The summed E-state index contributed by atoms with van der Waals surface area (Å²) >= 11 is 0. The first kappa shape index (κ1) is 20.0. The molecule has 0 aliphatic heterocycles. The van der Waals surface area contributed by atoms with Crippen LogP contribution in [0.25, 0.3) is 0 Å². The summed E-state index contributed by atoms with van der Waals surface area (Å²) in [5.41, 5.74) is 0.322. The number of carbonyl (C=O) groups is 2. The van der Waals surface area contributed by atoms with Crippen LogP contribution in [0.2, 0.25) is 0 Å². The van der Waals surface area contributed by atoms with Crippen molar-refractivity contribution in [3.8, 4) is 0 Å². The van der Waals surface area contributed by atoms with E-state index < -0.39 is 17.9 Å². The van der Waals surface area contributed by atoms with Crippen molar-refractivity contribution < 1.29 is 19.1 Å². The Labute approximate surface area is 141 Å². The van der Waals surface area contributed by atoms with Gasteiger partial charge in [-0.1, -0.05) is 34.6 Å². The second kappa shape index (κ2) is 8.16. The monoisotopic (exact) mass is 326 g/mol. The fourth-order valence-corrected chi connectivity index (χ4v) is 4.24. The van der Waals surface area contributed by atoms with E-state index >= 15 is 0 Å². The van der Waals surface area contributed by atoms with Crippen LogP contribution in [-0.4, -0.2) is 26.2 Å². The van der Waals surface area contributed by atoms with Crippen molar-refractivity contribution in [2.24, 2.45) is 35.0 Å². The molecule has 0 aromatic rings. The Morgan fingerprint density at radius 1 is 0.913 bits per heavy atom. The molecule has 134 valence electrons. The van der Waals surface area contributed by atoms with E-state index in [2.05, 4.69) is 34.6 Å². The Kier molecular flexibility index (Phi) is 7.09. The smallest absolute Gasteiger partial charge is 0.320 e. The van der Waals surface area contributed by atoms with Crippen LogP contribution < -0.4 is 0 Å². The number of esters is 2. The van der Waals surface area contributed by atoms with Gasteiger partial charge in [-0.15, -0.1) is 0 Å². The van der Waals surface area contributed by atoms with E-state index in [-0.39, 0.29) is 11.8 Å². The molecule has 0 heterocycles. The van der Waals surface area contributed by atoms with Crippen molar-refractivity contribution in [3.05, 3.63) is 0 Å². The van der Waals surface area contributed by atoms with Gasteiger partial charge in [0.25, 0.3) is 0 Å². The van der Waals surface area contributed by atoms with E-state index in [0.29, 0.717) is 17.3 Å². The van der Waals surface area contributed by atoms with E-state index in [9.17, 15) is 9.59 Å². The summed E-state index contributed by atoms with van der Waals surface area (Å²) in [5, 5.41) is 0. The first-order valence-corrected chi connectivity index (χ1v) is 8.79. The maximum absolute atomic E-state index is 12.2. The topological polar surface area (TPSA) is 52.6 Å². The quantitative estimate of drug-likeness (QED) is 0.564. The highest BCUT2D eigenvalue weighted by Gasteiger charge is 2.44. The molecule has 4 nitrogen and oxygen atoms in total. The maximum Gasteiger partial charge on any atom is 0.320 e. The van der Waals surface area contributed by atoms with Crippen LogP contribution in [0.1, 0.15) is 60.3 Å². The second-order valence-corrected chi connectivity index (χ2v) is 8.32. The van der Waals surface area contributed by atoms with Crippen LogP contribution in [0.5, 0.6) is 0 Å². The Balaban J connectivity index is 2.94. The zero-order valence-electron chi connectivity index (χ0n) is 15.8. The number of rotatable bonds is 5. The fraction of sp³-hybridized carbons (Fsp3) is 0.895. The van der Waals surface area contributed by atoms with Crippen molar-refractivity contribution in [3.63, 3.8) is 0 Å². The van der Waals surface area contributed by atoms with Gasteiger partial charge < -0.3 is 9.47 Å². The first-order chi connectivity index (χ1) is 10.6. The van der Waals surface area contributed by atoms with Crippen LogP contribution in [-0.2, 0) is 19.1 Å². The van der Waals surface area contributed by atoms with Gasteiger partial charge >= 0.3 is 11.9 Å². The summed E-state index contributed by atoms with van der Waals surface area (Å²) in [6, 6.07) is 0. The Hall–Kier alpha value is -1.06. The lowest BCUT2D eigenvalue weighted by atomic mass is 9.63. The van der Waals surface area contributed by atoms with E-state index in [0.717, 1.165) is 25.7 Å². The van der Waals surface area contributed by atoms with E-state index in [1.165, 1.54) is 14.2 Å². The molecule has 4 heteroatoms. The molecule has 1 rings (SSSR count). The third-order valence-electron chi connectivity index (χ3n) is 5.61. The lowest BCUT2D eigenvalue weighted by molar-refractivity contribution is -0.164. The van der Waals surface area contributed by atoms with Gasteiger partial charge in [0, 0.05) is 0 Å². The number of hydrogen-bond donors (Lipinski definition) is 0. The van der Waals surface area contributed by atoms with Crippen molar-refractivity contribution in [2.75, 3.05) is 14.2 Å². The normalized spacial score (nSPS) is 23.7. The predicted octanol–water partition coefficient (Wildman–Crippen LogP) is 4.07. The van der Waals surface area contributed by atoms with Gasteiger partial charge in [-0.3, -0.25) is 9.59 Å². The Morgan fingerprint density at radius 3 is 1.65 bits per heavy atom. The van der Waals surface area contributed by atoms with Crippen LogP contribution in [0, 0.1) is 35.0 Å². The molecule has 1 saturated carbocycles. The average Bonchev–Trinajstić information content (AvgIpc) is 2.50. The molecule has 1 atom stereocenters. The summed E-state index contributed by atoms with van der Waals surface area (Å²) in [7, 11) is 2.68. The third-order valence-corrected chi connectivity index (χ3v) is 5.61. The van der Waals surface area contributed by atoms with Crippen LogP contribution in [0.3, 0.4) is 0 Å². The second-order valence-electron chi connectivity index (χ2n) is 8.32. The summed E-state index contributed by atoms with van der Waals surface area (Å²) in [5.74, 6) is -0.438. The van der Waals surface area contributed by atoms with E-state index in [4.69, 9.17) is 9.47 Å². The first-order valence-electron chi connectivity index (χ1n) is 8.79. The molecular weight excluding hydrogens is 292 g/mol. The third kappa shape index (κ3) is 4.95. The highest BCUT2D eigenvalue weighted by Crippen LogP contribution is 2.45. The molecule has 0 N–H and O–H groups in total. The van der Waals surface area contributed by atoms with Gasteiger partial charge in [0.15, 0.2) is 5.92 Å². The zero-order valence-corrected chi connectivity index (χ0v) is 15.8. The molecule has 0 saturated heterocycles. The van der Waals surface area contributed by atoms with Gasteiger partial charge in [-0.2, -0.15) is 0 Å². The molecule has 0 aromatic heterocycles. The highest BCUT2D eigenvalue weighted by atomic mass is 16.5. The number of methoxy groups -OCH3 is 2. The minimum absolute atomic E-state index is 0.0178. The van der Waals surface area contributed by atoms with Crippen molar-refractivity contribution in [1.29, 1.82) is 0 Å². The van der Waals surface area contributed by atoms with Gasteiger partial charge in [0.2, 0.25) is 0 Å². The van der Waals surface area contributed by atoms with Crippen molar-refractivity contribution in [1.82, 2.24) is 0 Å². The Bertz CT molecular complexity index is 384. The molecule has 1 aliphatic carbocycles. The van der Waals surface area contributed by atoms with Gasteiger partial charge in [-0.25, -0.2) is 0 Å². The highest BCUT2D eigenvalue weighted by molar-refractivity contribution is 5.95. The molecule has 0 amide bonds. The summed E-state index contributed by atoms with van der Waals surface area (Å²) in [6.07, 6.45) is 4.45. The number of carbonyl (C=O) groups excluding carboxylic acids is 2. The molecule has 1 fully saturated rings. The summed E-state index contributed by atoms with van der Waals surface area (Å²) < 4.78 is 9.79. The van der Waals surface area contributed by atoms with Crippen molar-refractivity contribution >= 4 is 11.9 Å². The molecule has 1 unspecified atom stereocenters. The fourth-order valence-electron chi connectivity index (χ4n) is 4.24. The Morgan fingerprint density at radius 2 is 1.35 bits per heavy atom. The van der Waals surface area contributed by atoms with E-state index in [1.807, 2.05) is 0 Å². The molecule has 0 spiro atoms. The van der Waals surface area contributed by atoms with Gasteiger partial charge in [-0.05, 0) is 54.8 Å². The van der Waals surface area contributed by atoms with Crippen molar-refractivity contribution in [2.45, 2.75) is 60.3 Å². The largest absolute Gasteiger partial charge is 0.468 e. The maximum atomic E-state index is 12.2. The number of hydrogen-bond acceptors (Lipinski definition) is 4. The van der Waals surface area contributed by atoms with Crippen LogP contribution >= 0.6 is 0 Å². The molecule has 23 heavy (non-hydrogen) atoms. The molecular formula is C19H34O4. The average molecular weight is 326 g/mol. The lowest BCUT2D eigenvalue weighted by Gasteiger charge is -2.41. The number of ether oxygens (including phenoxy) is 2. The van der Waals surface area contributed by atoms with E-state index in [1.54, 1.807) is 0 Å². The summed E-state index contributed by atoms with van der Waals surface area (Å²) in [4.78, 5) is 24.4. The lowest BCUT2D eigenvalue weighted by Crippen LogP contribution is -2.41. The van der Waals surface area contributed by atoms with Crippen LogP contribution in [0.15, 0.2) is 0 Å². The molecule has 0 bridgehead atoms. The summed E-state index contributed by atoms with van der Waals surface area (Å²) in [6.45, 7) is 11.1. The molecule has 0 radical (unpaired) electrons. The minimum atomic E-state index is -0.804. The molecule has 0 aromatic carbocycles. The standard InChI is InChI=1S/C19H34O4/c1-12(2)15(16(17(20)22-6)18(21)23-7)13-8-10-14(11-9-13)19(3,4)5/h12-16H,8-11H2,1-7H3. The van der Waals surface area contributed by atoms with Crippen LogP contribution in [0.4, 0.5) is 0 Å². The minimum Gasteiger partial charge on any atom is -0.468 e. The van der Waals surface area contributed by atoms with Gasteiger partial charge in [0.1, 0.15) is 0 Å². The predicted molar refractivity (Wildman–Crippen MR) is 90.8 cm³/mol. The van der Waals surface area contributed by atoms with Gasteiger partial charge in [0.05, 0.1) is 14.2 Å².